The molecule has 0 fully saturated rings. The molecule has 29 heavy (non-hydrogen) atoms. The highest BCUT2D eigenvalue weighted by Crippen LogP contribution is 2.13. The predicted octanol–water partition coefficient (Wildman–Crippen LogP) is 1.95. The number of amides is 1. The summed E-state index contributed by atoms with van der Waals surface area (Å²) in [6.45, 7) is -0.330. The monoisotopic (exact) mass is 396 g/mol. The van der Waals surface area contributed by atoms with Crippen LogP contribution >= 0.6 is 0 Å². The van der Waals surface area contributed by atoms with Gasteiger partial charge in [-0.05, 0) is 18.2 Å². The first-order chi connectivity index (χ1) is 14.0. The Balaban J connectivity index is 1.57. The second-order valence-corrected chi connectivity index (χ2v) is 6.22. The van der Waals surface area contributed by atoms with Gasteiger partial charge in [0.25, 0.3) is 5.56 Å². The first-order valence-electron chi connectivity index (χ1n) is 8.59. The zero-order valence-corrected chi connectivity index (χ0v) is 14.9. The number of hydrogen-bond donors (Lipinski definition) is 1. The van der Waals surface area contributed by atoms with Crippen molar-refractivity contribution in [2.75, 3.05) is 5.32 Å². The standard InChI is InChI=1S/C19H14F2N6O2/c20-13-6-2-1-5-12(13)9-27-18-17(24-25-27)19(29)26(11-22-18)10-16(28)23-15-8-4-3-7-14(15)21/h1-8,11H,9-10H2,(H,23,28). The van der Waals surface area contributed by atoms with Crippen molar-refractivity contribution in [1.29, 1.82) is 0 Å². The molecule has 0 radical (unpaired) electrons. The number of carbonyl (C=O) groups is 1. The van der Waals surface area contributed by atoms with Gasteiger partial charge in [-0.2, -0.15) is 0 Å². The van der Waals surface area contributed by atoms with Gasteiger partial charge in [0.05, 0.1) is 12.2 Å². The lowest BCUT2D eigenvalue weighted by Crippen LogP contribution is -2.28. The molecule has 1 N–H and O–H groups in total. The van der Waals surface area contributed by atoms with E-state index in [1.165, 1.54) is 35.3 Å². The van der Waals surface area contributed by atoms with Crippen molar-refractivity contribution in [3.63, 3.8) is 0 Å². The van der Waals surface area contributed by atoms with Crippen LogP contribution in [0.15, 0.2) is 59.7 Å². The molecule has 10 heteroatoms. The number of benzene rings is 2. The molecule has 4 aromatic rings. The van der Waals surface area contributed by atoms with Crippen molar-refractivity contribution in [3.8, 4) is 0 Å². The molecule has 0 saturated heterocycles. The molecule has 2 aromatic carbocycles. The van der Waals surface area contributed by atoms with Crippen molar-refractivity contribution >= 4 is 22.8 Å². The summed E-state index contributed by atoms with van der Waals surface area (Å²) in [4.78, 5) is 28.9. The average Bonchev–Trinajstić information content (AvgIpc) is 3.11. The SMILES string of the molecule is O=C(Cn1cnc2c(nnn2Cc2ccccc2F)c1=O)Nc1ccccc1F. The number of rotatable bonds is 5. The van der Waals surface area contributed by atoms with Gasteiger partial charge in [0, 0.05) is 5.56 Å². The summed E-state index contributed by atoms with van der Waals surface area (Å²) in [6.07, 6.45) is 1.17. The Kier molecular flexibility index (Phi) is 4.82. The molecule has 0 unspecified atom stereocenters. The molecule has 1 amide bonds. The maximum Gasteiger partial charge on any atom is 0.283 e. The Morgan fingerprint density at radius 1 is 1.03 bits per heavy atom. The molecule has 8 nitrogen and oxygen atoms in total. The van der Waals surface area contributed by atoms with E-state index in [4.69, 9.17) is 0 Å². The summed E-state index contributed by atoms with van der Waals surface area (Å²) in [5, 5.41) is 10.1. The highest BCUT2D eigenvalue weighted by Gasteiger charge is 2.15. The van der Waals surface area contributed by atoms with Crippen LogP contribution < -0.4 is 10.9 Å². The van der Waals surface area contributed by atoms with E-state index in [1.54, 1.807) is 24.3 Å². The van der Waals surface area contributed by atoms with Gasteiger partial charge in [-0.1, -0.05) is 35.5 Å². The molecule has 0 aliphatic rings. The van der Waals surface area contributed by atoms with Crippen LogP contribution in [0.3, 0.4) is 0 Å². The van der Waals surface area contributed by atoms with Gasteiger partial charge in [-0.3, -0.25) is 14.2 Å². The molecular weight excluding hydrogens is 382 g/mol. The lowest BCUT2D eigenvalue weighted by atomic mass is 10.2. The summed E-state index contributed by atoms with van der Waals surface area (Å²) in [5.41, 5.74) is -0.0880. The molecule has 0 bridgehead atoms. The number of nitrogens with zero attached hydrogens (tertiary/aromatic N) is 5. The van der Waals surface area contributed by atoms with Gasteiger partial charge >= 0.3 is 0 Å². The van der Waals surface area contributed by atoms with E-state index < -0.39 is 23.1 Å². The largest absolute Gasteiger partial charge is 0.322 e. The van der Waals surface area contributed by atoms with Crippen molar-refractivity contribution in [1.82, 2.24) is 24.5 Å². The Hall–Kier alpha value is -3.95. The lowest BCUT2D eigenvalue weighted by molar-refractivity contribution is -0.116. The number of halogens is 2. The number of hydrogen-bond acceptors (Lipinski definition) is 5. The van der Waals surface area contributed by atoms with Crippen LogP contribution in [0.25, 0.3) is 11.2 Å². The second-order valence-electron chi connectivity index (χ2n) is 6.22. The van der Waals surface area contributed by atoms with Crippen molar-refractivity contribution in [2.24, 2.45) is 0 Å². The van der Waals surface area contributed by atoms with Gasteiger partial charge in [-0.25, -0.2) is 18.4 Å². The highest BCUT2D eigenvalue weighted by molar-refractivity contribution is 5.90. The Bertz CT molecular complexity index is 1270. The third kappa shape index (κ3) is 3.72. The number of nitrogens with one attached hydrogen (secondary N) is 1. The molecule has 0 saturated carbocycles. The zero-order chi connectivity index (χ0) is 20.4. The minimum atomic E-state index is -0.600. The molecule has 0 aliphatic heterocycles. The molecule has 2 aromatic heterocycles. The zero-order valence-electron chi connectivity index (χ0n) is 14.9. The van der Waals surface area contributed by atoms with Crippen LogP contribution in [0.2, 0.25) is 0 Å². The molecule has 4 rings (SSSR count). The van der Waals surface area contributed by atoms with Gasteiger partial charge in [0.15, 0.2) is 11.2 Å². The third-order valence-corrected chi connectivity index (χ3v) is 4.23. The van der Waals surface area contributed by atoms with E-state index >= 15 is 0 Å². The molecule has 0 aliphatic carbocycles. The molecule has 146 valence electrons. The van der Waals surface area contributed by atoms with E-state index in [0.29, 0.717) is 5.56 Å². The molecular formula is C19H14F2N6O2. The topological polar surface area (TPSA) is 94.7 Å². The van der Waals surface area contributed by atoms with Crippen LogP contribution in [0.4, 0.5) is 14.5 Å². The van der Waals surface area contributed by atoms with Gasteiger partial charge in [0.2, 0.25) is 5.91 Å². The number of carbonyl (C=O) groups excluding carboxylic acids is 1. The minimum Gasteiger partial charge on any atom is -0.322 e. The summed E-state index contributed by atoms with van der Waals surface area (Å²) < 4.78 is 29.8. The van der Waals surface area contributed by atoms with Crippen molar-refractivity contribution < 1.29 is 13.6 Å². The normalized spacial score (nSPS) is 11.0. The van der Waals surface area contributed by atoms with E-state index in [2.05, 4.69) is 20.6 Å². The second kappa shape index (κ2) is 7.58. The maximum absolute atomic E-state index is 13.9. The average molecular weight is 396 g/mol. The summed E-state index contributed by atoms with van der Waals surface area (Å²) in [5.74, 6) is -1.59. The quantitative estimate of drug-likeness (QED) is 0.557. The Morgan fingerprint density at radius 3 is 2.52 bits per heavy atom. The third-order valence-electron chi connectivity index (χ3n) is 4.23. The van der Waals surface area contributed by atoms with Crippen LogP contribution in [0.5, 0.6) is 0 Å². The van der Waals surface area contributed by atoms with Gasteiger partial charge in [0.1, 0.15) is 24.5 Å². The van der Waals surface area contributed by atoms with Crippen LogP contribution in [-0.4, -0.2) is 30.5 Å². The predicted molar refractivity (Wildman–Crippen MR) is 100 cm³/mol. The minimum absolute atomic E-state index is 0.00965. The summed E-state index contributed by atoms with van der Waals surface area (Å²) in [6, 6.07) is 11.9. The summed E-state index contributed by atoms with van der Waals surface area (Å²) >= 11 is 0. The first kappa shape index (κ1) is 18.4. The maximum atomic E-state index is 13.9. The molecule has 0 spiro atoms. The Morgan fingerprint density at radius 2 is 1.76 bits per heavy atom. The van der Waals surface area contributed by atoms with Crippen LogP contribution in [0.1, 0.15) is 5.56 Å². The molecule has 2 heterocycles. The van der Waals surface area contributed by atoms with E-state index in [0.717, 1.165) is 4.57 Å². The van der Waals surface area contributed by atoms with E-state index in [-0.39, 0.29) is 29.9 Å². The number of fused-ring (bicyclic) bond motifs is 1. The van der Waals surface area contributed by atoms with E-state index in [9.17, 15) is 18.4 Å². The van der Waals surface area contributed by atoms with Crippen LogP contribution in [-0.2, 0) is 17.9 Å². The Labute approximate surface area is 162 Å². The van der Waals surface area contributed by atoms with Gasteiger partial charge in [-0.15, -0.1) is 5.10 Å². The van der Waals surface area contributed by atoms with Crippen molar-refractivity contribution in [3.05, 3.63) is 82.4 Å². The fourth-order valence-electron chi connectivity index (χ4n) is 2.80. The number of para-hydroxylation sites is 1. The molecule has 0 atom stereocenters. The smallest absolute Gasteiger partial charge is 0.283 e. The van der Waals surface area contributed by atoms with Gasteiger partial charge < -0.3 is 5.32 Å². The fourth-order valence-corrected chi connectivity index (χ4v) is 2.80. The first-order valence-corrected chi connectivity index (χ1v) is 8.59. The summed E-state index contributed by atoms with van der Waals surface area (Å²) in [7, 11) is 0. The lowest BCUT2D eigenvalue weighted by Gasteiger charge is -2.08. The van der Waals surface area contributed by atoms with Crippen molar-refractivity contribution in [2.45, 2.75) is 13.1 Å². The van der Waals surface area contributed by atoms with E-state index in [1.807, 2.05) is 0 Å². The fraction of sp³-hybridized carbons (Fsp3) is 0.105. The van der Waals surface area contributed by atoms with Crippen LogP contribution in [0, 0.1) is 11.6 Å². The highest BCUT2D eigenvalue weighted by atomic mass is 19.1. The number of anilines is 1. The number of aromatic nitrogens is 5.